The fourth-order valence-corrected chi connectivity index (χ4v) is 1.04. The van der Waals surface area contributed by atoms with Gasteiger partial charge in [-0.1, -0.05) is 18.2 Å². The maximum absolute atomic E-state index is 13.1. The van der Waals surface area contributed by atoms with Gasteiger partial charge in [-0.15, -0.1) is 0 Å². The number of aliphatic carboxylic acids is 1. The van der Waals surface area contributed by atoms with E-state index in [1.807, 2.05) is 0 Å². The Balaban J connectivity index is 3.08. The molecule has 13 heavy (non-hydrogen) atoms. The molecule has 0 spiro atoms. The molecule has 0 aliphatic rings. The average molecular weight is 180 g/mol. The number of hydrogen-bond acceptors (Lipinski definition) is 1. The molecule has 0 saturated heterocycles. The molecule has 0 aromatic heterocycles. The van der Waals surface area contributed by atoms with Crippen molar-refractivity contribution < 1.29 is 14.3 Å². The highest BCUT2D eigenvalue weighted by atomic mass is 19.1. The number of hydrogen-bond donors (Lipinski definition) is 1. The van der Waals surface area contributed by atoms with Crippen molar-refractivity contribution in [2.45, 2.75) is 6.92 Å². The van der Waals surface area contributed by atoms with Gasteiger partial charge < -0.3 is 5.11 Å². The van der Waals surface area contributed by atoms with Gasteiger partial charge in [-0.05, 0) is 18.6 Å². The minimum absolute atomic E-state index is 0.324. The first kappa shape index (κ1) is 9.45. The van der Waals surface area contributed by atoms with Crippen molar-refractivity contribution in [1.29, 1.82) is 0 Å². The second kappa shape index (κ2) is 3.85. The molecule has 0 atom stereocenters. The van der Waals surface area contributed by atoms with Crippen LogP contribution in [0.25, 0.3) is 5.57 Å². The Kier molecular flexibility index (Phi) is 2.80. The van der Waals surface area contributed by atoms with Crippen molar-refractivity contribution in [2.75, 3.05) is 0 Å². The molecule has 0 unspecified atom stereocenters. The highest BCUT2D eigenvalue weighted by molar-refractivity contribution is 5.89. The molecule has 0 fully saturated rings. The molecule has 0 aliphatic heterocycles. The van der Waals surface area contributed by atoms with Crippen LogP contribution in [0.5, 0.6) is 0 Å². The van der Waals surface area contributed by atoms with Gasteiger partial charge in [0.15, 0.2) is 0 Å². The third-order valence-electron chi connectivity index (χ3n) is 1.64. The topological polar surface area (TPSA) is 37.3 Å². The molecule has 0 aliphatic carbocycles. The fourth-order valence-electron chi connectivity index (χ4n) is 1.04. The van der Waals surface area contributed by atoms with Gasteiger partial charge >= 0.3 is 5.97 Å². The van der Waals surface area contributed by atoms with Gasteiger partial charge in [-0.3, -0.25) is 0 Å². The van der Waals surface area contributed by atoms with E-state index in [1.54, 1.807) is 25.1 Å². The molecule has 3 heteroatoms. The summed E-state index contributed by atoms with van der Waals surface area (Å²) in [6.07, 6.45) is 0.985. The summed E-state index contributed by atoms with van der Waals surface area (Å²) in [5, 5.41) is 8.44. The molecule has 0 amide bonds. The highest BCUT2D eigenvalue weighted by Gasteiger charge is 2.03. The Hall–Kier alpha value is -1.64. The first-order chi connectivity index (χ1) is 6.11. The lowest BCUT2D eigenvalue weighted by Gasteiger charge is -2.00. The third-order valence-corrected chi connectivity index (χ3v) is 1.64. The lowest BCUT2D eigenvalue weighted by molar-refractivity contribution is -0.131. The maximum Gasteiger partial charge on any atom is 0.328 e. The Morgan fingerprint density at radius 3 is 2.62 bits per heavy atom. The largest absolute Gasteiger partial charge is 0.478 e. The Morgan fingerprint density at radius 1 is 1.46 bits per heavy atom. The molecular weight excluding hydrogens is 171 g/mol. The number of rotatable bonds is 2. The van der Waals surface area contributed by atoms with Crippen molar-refractivity contribution in [2.24, 2.45) is 0 Å². The molecular formula is C10H9FO2. The minimum atomic E-state index is -1.07. The first-order valence-electron chi connectivity index (χ1n) is 3.77. The van der Waals surface area contributed by atoms with Crippen molar-refractivity contribution in [3.8, 4) is 0 Å². The molecule has 1 rings (SSSR count). The summed E-state index contributed by atoms with van der Waals surface area (Å²) >= 11 is 0. The Morgan fingerprint density at radius 2 is 2.08 bits per heavy atom. The Bertz CT molecular complexity index is 356. The van der Waals surface area contributed by atoms with E-state index in [2.05, 4.69) is 0 Å². The number of benzene rings is 1. The van der Waals surface area contributed by atoms with Crippen LogP contribution in [0, 0.1) is 5.82 Å². The minimum Gasteiger partial charge on any atom is -0.478 e. The molecule has 1 N–H and O–H groups in total. The molecule has 1 aromatic carbocycles. The second-order valence-electron chi connectivity index (χ2n) is 2.65. The van der Waals surface area contributed by atoms with Crippen LogP contribution in [0.2, 0.25) is 0 Å². The molecule has 0 bridgehead atoms. The van der Waals surface area contributed by atoms with E-state index in [4.69, 9.17) is 5.11 Å². The first-order valence-corrected chi connectivity index (χ1v) is 3.77. The lowest BCUT2D eigenvalue weighted by Crippen LogP contribution is -1.92. The van der Waals surface area contributed by atoms with Crippen LogP contribution in [-0.2, 0) is 4.79 Å². The predicted octanol–water partition coefficient (Wildman–Crippen LogP) is 2.31. The zero-order valence-electron chi connectivity index (χ0n) is 7.12. The normalized spacial score (nSPS) is 11.4. The zero-order valence-corrected chi connectivity index (χ0v) is 7.12. The van der Waals surface area contributed by atoms with Crippen molar-refractivity contribution in [3.63, 3.8) is 0 Å². The molecule has 2 nitrogen and oxygen atoms in total. The van der Waals surface area contributed by atoms with Gasteiger partial charge in [0.1, 0.15) is 5.82 Å². The molecule has 0 saturated carbocycles. The van der Waals surface area contributed by atoms with Crippen molar-refractivity contribution in [3.05, 3.63) is 41.7 Å². The summed E-state index contributed by atoms with van der Waals surface area (Å²) in [6.45, 7) is 1.56. The van der Waals surface area contributed by atoms with Crippen LogP contribution in [0.3, 0.4) is 0 Å². The lowest BCUT2D eigenvalue weighted by atomic mass is 10.1. The van der Waals surface area contributed by atoms with Crippen molar-refractivity contribution in [1.82, 2.24) is 0 Å². The fraction of sp³-hybridized carbons (Fsp3) is 0.100. The summed E-state index contributed by atoms with van der Waals surface area (Å²) in [4.78, 5) is 10.3. The number of carboxylic acid groups (broad SMARTS) is 1. The van der Waals surface area contributed by atoms with Gasteiger partial charge in [0.05, 0.1) is 0 Å². The van der Waals surface area contributed by atoms with Gasteiger partial charge in [-0.2, -0.15) is 0 Å². The van der Waals surface area contributed by atoms with Crippen LogP contribution < -0.4 is 0 Å². The molecule has 0 radical (unpaired) electrons. The standard InChI is InChI=1S/C10H9FO2/c1-7(6-10(12)13)8-4-2-3-5-9(8)11/h2-6H,1H3,(H,12,13)/b7-6-. The summed E-state index contributed by atoms with van der Waals surface area (Å²) in [6, 6.07) is 6.07. The number of carbonyl (C=O) groups is 1. The van der Waals surface area contributed by atoms with Crippen LogP contribution in [0.15, 0.2) is 30.3 Å². The van der Waals surface area contributed by atoms with Crippen molar-refractivity contribution >= 4 is 11.5 Å². The van der Waals surface area contributed by atoms with Gasteiger partial charge in [0.2, 0.25) is 0 Å². The second-order valence-corrected chi connectivity index (χ2v) is 2.65. The van der Waals surface area contributed by atoms with Crippen LogP contribution in [0.4, 0.5) is 4.39 Å². The quantitative estimate of drug-likeness (QED) is 0.709. The smallest absolute Gasteiger partial charge is 0.328 e. The van der Waals surface area contributed by atoms with Gasteiger partial charge in [0, 0.05) is 11.6 Å². The van der Waals surface area contributed by atoms with Crippen LogP contribution in [-0.4, -0.2) is 11.1 Å². The highest BCUT2D eigenvalue weighted by Crippen LogP contribution is 2.16. The van der Waals surface area contributed by atoms with Crippen LogP contribution in [0.1, 0.15) is 12.5 Å². The predicted molar refractivity (Wildman–Crippen MR) is 47.7 cm³/mol. The van der Waals surface area contributed by atoms with E-state index in [0.29, 0.717) is 11.1 Å². The number of allylic oxidation sites excluding steroid dienone is 1. The Labute approximate surface area is 75.3 Å². The maximum atomic E-state index is 13.1. The summed E-state index contributed by atoms with van der Waals surface area (Å²) in [5.41, 5.74) is 0.732. The van der Waals surface area contributed by atoms with E-state index in [1.165, 1.54) is 6.07 Å². The van der Waals surface area contributed by atoms with E-state index in [9.17, 15) is 9.18 Å². The SMILES string of the molecule is C/C(=C/C(=O)O)c1ccccc1F. The summed E-state index contributed by atoms with van der Waals surface area (Å²) < 4.78 is 13.1. The van der Waals surface area contributed by atoms with E-state index in [-0.39, 0.29) is 0 Å². The average Bonchev–Trinajstić information content (AvgIpc) is 2.03. The van der Waals surface area contributed by atoms with Crippen LogP contribution >= 0.6 is 0 Å². The molecule has 0 heterocycles. The third kappa shape index (κ3) is 2.40. The molecule has 68 valence electrons. The molecule has 1 aromatic rings. The van der Waals surface area contributed by atoms with E-state index in [0.717, 1.165) is 6.08 Å². The summed E-state index contributed by atoms with van der Waals surface area (Å²) in [7, 11) is 0. The van der Waals surface area contributed by atoms with Gasteiger partial charge in [0.25, 0.3) is 0 Å². The van der Waals surface area contributed by atoms with Gasteiger partial charge in [-0.25, -0.2) is 9.18 Å². The monoisotopic (exact) mass is 180 g/mol. The number of halogens is 1. The summed E-state index contributed by atoms with van der Waals surface area (Å²) in [5.74, 6) is -1.47. The zero-order chi connectivity index (χ0) is 9.84. The number of carboxylic acids is 1. The van der Waals surface area contributed by atoms with E-state index >= 15 is 0 Å². The van der Waals surface area contributed by atoms with E-state index < -0.39 is 11.8 Å².